The van der Waals surface area contributed by atoms with Crippen LogP contribution in [0.15, 0.2) is 12.2 Å². The molecular formula is C48H94N2O6. The molecule has 0 aliphatic rings. The first-order chi connectivity index (χ1) is 27.5. The maximum Gasteiger partial charge on any atom is 0.306 e. The molecule has 0 aromatic heterocycles. The van der Waals surface area contributed by atoms with Gasteiger partial charge in [0.15, 0.2) is 0 Å². The molecule has 0 radical (unpaired) electrons. The molecule has 332 valence electrons. The molecule has 56 heavy (non-hydrogen) atoms. The number of amides is 1. The van der Waals surface area contributed by atoms with Gasteiger partial charge in [-0.05, 0) is 64.1 Å². The summed E-state index contributed by atoms with van der Waals surface area (Å²) in [6, 6.07) is 0. The zero-order valence-corrected chi connectivity index (χ0v) is 37.6. The Balaban J connectivity index is 0. The second-order valence-corrected chi connectivity index (χ2v) is 16.1. The van der Waals surface area contributed by atoms with E-state index in [2.05, 4.69) is 37.1 Å². The smallest absolute Gasteiger partial charge is 0.306 e. The van der Waals surface area contributed by atoms with Gasteiger partial charge in [-0.1, -0.05) is 193 Å². The highest BCUT2D eigenvalue weighted by Crippen LogP contribution is 2.25. The van der Waals surface area contributed by atoms with Gasteiger partial charge in [0.05, 0.1) is 0 Å². The maximum absolute atomic E-state index is 12.1. The van der Waals surface area contributed by atoms with Crippen molar-refractivity contribution in [3.63, 3.8) is 0 Å². The van der Waals surface area contributed by atoms with E-state index >= 15 is 0 Å². The number of methoxy groups -OCH3 is 1. The van der Waals surface area contributed by atoms with E-state index in [4.69, 9.17) is 19.4 Å². The van der Waals surface area contributed by atoms with Crippen LogP contribution in [0.1, 0.15) is 226 Å². The van der Waals surface area contributed by atoms with E-state index in [0.717, 1.165) is 51.2 Å². The molecule has 0 aliphatic heterocycles. The van der Waals surface area contributed by atoms with Crippen LogP contribution in [0.2, 0.25) is 0 Å². The van der Waals surface area contributed by atoms with Gasteiger partial charge in [0, 0.05) is 20.1 Å². The zero-order valence-electron chi connectivity index (χ0n) is 37.6. The largest absolute Gasteiger partial charge is 0.483 e. The number of unbranched alkanes of at least 4 members (excludes halogenated alkanes) is 22. The number of allylic oxidation sites excluding steroid dienone is 1. The van der Waals surface area contributed by atoms with Gasteiger partial charge < -0.3 is 24.8 Å². The first-order valence-corrected chi connectivity index (χ1v) is 23.8. The normalized spacial score (nSPS) is 11.3. The summed E-state index contributed by atoms with van der Waals surface area (Å²) in [5.74, 6) is 0.863. The summed E-state index contributed by atoms with van der Waals surface area (Å²) in [6.45, 7) is 11.2. The Morgan fingerprint density at radius 1 is 0.589 bits per heavy atom. The lowest BCUT2D eigenvalue weighted by molar-refractivity contribution is -0.142. The third-order valence-corrected chi connectivity index (χ3v) is 10.9. The van der Waals surface area contributed by atoms with Crippen LogP contribution < -0.4 is 5.32 Å². The number of carbonyl (C=O) groups is 3. The van der Waals surface area contributed by atoms with Crippen LogP contribution in [0, 0.1) is 5.92 Å². The summed E-state index contributed by atoms with van der Waals surface area (Å²) in [7, 11) is 1.56. The molecule has 0 spiro atoms. The number of nitrogens with one attached hydrogen (secondary N) is 1. The van der Waals surface area contributed by atoms with E-state index < -0.39 is 0 Å². The Labute approximate surface area is 347 Å². The summed E-state index contributed by atoms with van der Waals surface area (Å²) in [6.07, 6.45) is 45.5. The van der Waals surface area contributed by atoms with E-state index in [1.54, 1.807) is 7.11 Å². The van der Waals surface area contributed by atoms with Gasteiger partial charge in [0.2, 0.25) is 5.91 Å². The number of nitrogens with zero attached hydrogens (tertiary/aromatic N) is 1. The molecule has 0 saturated heterocycles. The first kappa shape index (κ1) is 56.2. The van der Waals surface area contributed by atoms with E-state index in [1.807, 2.05) is 6.08 Å². The van der Waals surface area contributed by atoms with Crippen molar-refractivity contribution in [3.05, 3.63) is 12.2 Å². The molecule has 8 nitrogen and oxygen atoms in total. The summed E-state index contributed by atoms with van der Waals surface area (Å²) < 4.78 is 10.3. The quantitative estimate of drug-likeness (QED) is 0.0274. The third-order valence-electron chi connectivity index (χ3n) is 10.9. The predicted molar refractivity (Wildman–Crippen MR) is 238 cm³/mol. The number of esters is 1. The second kappa shape index (κ2) is 49.2. The molecule has 0 unspecified atom stereocenters. The average molecular weight is 795 g/mol. The van der Waals surface area contributed by atoms with Crippen LogP contribution >= 0.6 is 0 Å². The zero-order chi connectivity index (χ0) is 41.4. The molecule has 8 heteroatoms. The monoisotopic (exact) mass is 795 g/mol. The van der Waals surface area contributed by atoms with Crippen molar-refractivity contribution in [1.82, 2.24) is 10.2 Å². The molecule has 0 aromatic carbocycles. The summed E-state index contributed by atoms with van der Waals surface area (Å²) in [4.78, 5) is 34.9. The molecule has 0 aromatic rings. The summed E-state index contributed by atoms with van der Waals surface area (Å²) in [5.41, 5.74) is 0. The van der Waals surface area contributed by atoms with Gasteiger partial charge in [0.25, 0.3) is 6.47 Å². The highest BCUT2D eigenvalue weighted by atomic mass is 16.5. The molecule has 0 saturated carbocycles. The van der Waals surface area contributed by atoms with E-state index in [0.29, 0.717) is 19.6 Å². The van der Waals surface area contributed by atoms with Crippen LogP contribution in [0.3, 0.4) is 0 Å². The maximum atomic E-state index is 12.1. The molecule has 2 N–H and O–H groups in total. The average Bonchev–Trinajstić information content (AvgIpc) is 3.19. The molecule has 0 atom stereocenters. The fraction of sp³-hybridized carbons (Fsp3) is 0.896. The Morgan fingerprint density at radius 2 is 1.02 bits per heavy atom. The number of hydrogen-bond acceptors (Lipinski definition) is 6. The minimum absolute atomic E-state index is 0.0293. The number of carbonyl (C=O) groups excluding carboxylic acids is 2. The van der Waals surface area contributed by atoms with Gasteiger partial charge >= 0.3 is 5.97 Å². The summed E-state index contributed by atoms with van der Waals surface area (Å²) >= 11 is 0. The van der Waals surface area contributed by atoms with Gasteiger partial charge in [-0.2, -0.15) is 0 Å². The van der Waals surface area contributed by atoms with Crippen LogP contribution in [0.4, 0.5) is 0 Å². The van der Waals surface area contributed by atoms with Crippen molar-refractivity contribution in [2.75, 3.05) is 46.5 Å². The van der Waals surface area contributed by atoms with Crippen molar-refractivity contribution in [2.45, 2.75) is 226 Å². The minimum atomic E-state index is -0.250. The Bertz CT molecular complexity index is 822. The molecule has 0 bridgehead atoms. The number of ether oxygens (including phenoxy) is 2. The van der Waals surface area contributed by atoms with Crippen LogP contribution in [0.5, 0.6) is 0 Å². The van der Waals surface area contributed by atoms with Crippen LogP contribution in [0.25, 0.3) is 0 Å². The predicted octanol–water partition coefficient (Wildman–Crippen LogP) is 13.0. The van der Waals surface area contributed by atoms with E-state index in [1.165, 1.54) is 173 Å². The lowest BCUT2D eigenvalue weighted by atomic mass is 9.89. The van der Waals surface area contributed by atoms with E-state index in [-0.39, 0.29) is 25.0 Å². The third kappa shape index (κ3) is 46.5. The molecule has 0 fully saturated rings. The highest BCUT2D eigenvalue weighted by Gasteiger charge is 2.10. The van der Waals surface area contributed by atoms with Crippen molar-refractivity contribution in [3.8, 4) is 0 Å². The number of hydrogen-bond donors (Lipinski definition) is 2. The topological polar surface area (TPSA) is 105 Å². The van der Waals surface area contributed by atoms with Crippen molar-refractivity contribution in [2.24, 2.45) is 5.92 Å². The Hall–Kier alpha value is -1.93. The van der Waals surface area contributed by atoms with Gasteiger partial charge in [-0.15, -0.1) is 0 Å². The second-order valence-electron chi connectivity index (χ2n) is 16.1. The lowest BCUT2D eigenvalue weighted by Crippen LogP contribution is -2.32. The first-order valence-electron chi connectivity index (χ1n) is 23.8. The van der Waals surface area contributed by atoms with E-state index in [9.17, 15) is 9.59 Å². The standard InChI is InChI=1S/C47H92N2O4.CH2O2/c1-5-8-11-14-17-26-33-43-53-47(51)38-30-23-19-25-32-41-49(42-34-39-48-46(50)44-52-4)40-31-24-18-22-29-37-45(35-27-20-15-12-9-6-2)36-28-21-16-13-10-7-3;2-1-3/h26,33,45H,5-25,27-32,34-44H2,1-4H3,(H,48,50);1H,(H,2,3)/b33-26-;. The number of rotatable bonds is 43. The minimum Gasteiger partial charge on any atom is -0.483 e. The fourth-order valence-corrected chi connectivity index (χ4v) is 7.43. The number of carboxylic acid groups (broad SMARTS) is 1. The summed E-state index contributed by atoms with van der Waals surface area (Å²) in [5, 5.41) is 9.87. The van der Waals surface area contributed by atoms with Crippen molar-refractivity contribution in [1.29, 1.82) is 0 Å². The highest BCUT2D eigenvalue weighted by molar-refractivity contribution is 5.77. The van der Waals surface area contributed by atoms with Gasteiger partial charge in [-0.3, -0.25) is 14.4 Å². The van der Waals surface area contributed by atoms with Crippen molar-refractivity contribution >= 4 is 18.3 Å². The fourth-order valence-electron chi connectivity index (χ4n) is 7.43. The lowest BCUT2D eigenvalue weighted by Gasteiger charge is -2.22. The molecule has 0 rings (SSSR count). The molecule has 0 heterocycles. The van der Waals surface area contributed by atoms with Gasteiger partial charge in [0.1, 0.15) is 13.2 Å². The van der Waals surface area contributed by atoms with Crippen molar-refractivity contribution < 1.29 is 29.0 Å². The molecule has 0 aliphatic carbocycles. The Kier molecular flexibility index (Phi) is 49.4. The Morgan fingerprint density at radius 3 is 1.52 bits per heavy atom. The van der Waals surface area contributed by atoms with Crippen LogP contribution in [-0.2, 0) is 23.9 Å². The van der Waals surface area contributed by atoms with Gasteiger partial charge in [-0.25, -0.2) is 0 Å². The molecule has 1 amide bonds. The van der Waals surface area contributed by atoms with Crippen LogP contribution in [-0.4, -0.2) is 74.9 Å². The molecular weight excluding hydrogens is 701 g/mol. The SMILES string of the molecule is CCCCCC/C=C\COC(=O)CCCCCCCN(CCCCCCCC(CCCCCCCC)CCCCCCCC)CCCNC(=O)COC.O=CO.